The zero-order valence-corrected chi connectivity index (χ0v) is 20.2. The summed E-state index contributed by atoms with van der Waals surface area (Å²) in [5, 5.41) is 11.0. The second kappa shape index (κ2) is 8.72. The number of rotatable bonds is 7. The monoisotopic (exact) mass is 498 g/mol. The average molecular weight is 499 g/mol. The van der Waals surface area contributed by atoms with E-state index in [1.54, 1.807) is 35.9 Å². The van der Waals surface area contributed by atoms with Gasteiger partial charge in [0.05, 0.1) is 33.9 Å². The molecule has 0 saturated carbocycles. The molecule has 0 saturated heterocycles. The molecule has 5 aromatic rings. The molecule has 180 valence electrons. The largest absolute Gasteiger partial charge is 0.503 e. The van der Waals surface area contributed by atoms with Crippen LogP contribution in [-0.2, 0) is 11.3 Å². The van der Waals surface area contributed by atoms with Crippen molar-refractivity contribution in [3.05, 3.63) is 95.0 Å². The first kappa shape index (κ1) is 22.2. The Morgan fingerprint density at radius 1 is 1.11 bits per heavy atom. The molecule has 1 aliphatic rings. The lowest BCUT2D eigenvalue weighted by molar-refractivity contribution is -0.129. The molecular formula is C26H22N6O3S. The Hall–Kier alpha value is -4.31. The van der Waals surface area contributed by atoms with Crippen molar-refractivity contribution in [1.82, 2.24) is 28.8 Å². The number of carbonyl (C=O) groups excluding carboxylic acids is 2. The molecule has 0 fully saturated rings. The summed E-state index contributed by atoms with van der Waals surface area (Å²) in [5.41, 5.74) is 3.23. The summed E-state index contributed by atoms with van der Waals surface area (Å²) < 4.78 is 3.87. The minimum Gasteiger partial charge on any atom is -0.503 e. The van der Waals surface area contributed by atoms with Gasteiger partial charge in [0, 0.05) is 43.6 Å². The number of amides is 1. The van der Waals surface area contributed by atoms with Crippen molar-refractivity contribution in [3.8, 4) is 0 Å². The number of aromatic nitrogens is 5. The van der Waals surface area contributed by atoms with Crippen molar-refractivity contribution in [3.63, 3.8) is 0 Å². The Balaban J connectivity index is 1.39. The van der Waals surface area contributed by atoms with Crippen molar-refractivity contribution < 1.29 is 14.7 Å². The van der Waals surface area contributed by atoms with Gasteiger partial charge in [-0.2, -0.15) is 0 Å². The van der Waals surface area contributed by atoms with Crippen LogP contribution in [0.1, 0.15) is 33.4 Å². The summed E-state index contributed by atoms with van der Waals surface area (Å²) in [5.74, 6) is -1.43. The number of benzene rings is 1. The van der Waals surface area contributed by atoms with Gasteiger partial charge < -0.3 is 14.6 Å². The smallest absolute Gasteiger partial charge is 0.290 e. The van der Waals surface area contributed by atoms with E-state index in [0.717, 1.165) is 16.7 Å². The van der Waals surface area contributed by atoms with Crippen LogP contribution >= 0.6 is 11.3 Å². The molecule has 6 rings (SSSR count). The summed E-state index contributed by atoms with van der Waals surface area (Å²) in [6.45, 7) is 2.87. The fourth-order valence-electron chi connectivity index (χ4n) is 4.84. The van der Waals surface area contributed by atoms with E-state index in [-0.39, 0.29) is 11.4 Å². The van der Waals surface area contributed by atoms with Crippen LogP contribution in [0.2, 0.25) is 0 Å². The molecule has 1 unspecified atom stereocenters. The number of thiazole rings is 1. The number of aliphatic hydroxyl groups excluding tert-OH is 1. The summed E-state index contributed by atoms with van der Waals surface area (Å²) >= 11 is 1.26. The third-order valence-corrected chi connectivity index (χ3v) is 7.66. The fraction of sp³-hybridized carbons (Fsp3) is 0.192. The first-order valence-corrected chi connectivity index (χ1v) is 12.4. The Kier molecular flexibility index (Phi) is 5.37. The maximum absolute atomic E-state index is 14.0. The number of hydrogen-bond donors (Lipinski definition) is 1. The number of ketones is 1. The molecular weight excluding hydrogens is 476 g/mol. The van der Waals surface area contributed by atoms with Crippen molar-refractivity contribution in [2.45, 2.75) is 25.9 Å². The van der Waals surface area contributed by atoms with Crippen LogP contribution in [0.25, 0.3) is 16.0 Å². The van der Waals surface area contributed by atoms with Crippen molar-refractivity contribution in [1.29, 1.82) is 0 Å². The van der Waals surface area contributed by atoms with E-state index < -0.39 is 17.7 Å². The summed E-state index contributed by atoms with van der Waals surface area (Å²) in [6, 6.07) is 10.6. The van der Waals surface area contributed by atoms with Crippen LogP contribution in [0, 0.1) is 6.92 Å². The van der Waals surface area contributed by atoms with E-state index in [1.807, 2.05) is 52.4 Å². The molecule has 36 heavy (non-hydrogen) atoms. The highest BCUT2D eigenvalue weighted by atomic mass is 32.1. The van der Waals surface area contributed by atoms with Crippen LogP contribution < -0.4 is 0 Å². The highest BCUT2D eigenvalue weighted by Gasteiger charge is 2.44. The molecule has 0 radical (unpaired) electrons. The normalized spacial score (nSPS) is 16.1. The first-order chi connectivity index (χ1) is 17.5. The zero-order valence-electron chi connectivity index (χ0n) is 19.4. The Morgan fingerprint density at radius 2 is 1.97 bits per heavy atom. The second-order valence-corrected chi connectivity index (χ2v) is 9.65. The lowest BCUT2D eigenvalue weighted by atomic mass is 9.96. The number of imidazole rings is 2. The minimum absolute atomic E-state index is 0.0764. The summed E-state index contributed by atoms with van der Waals surface area (Å²) in [6.07, 6.45) is 9.18. The van der Waals surface area contributed by atoms with Gasteiger partial charge in [-0.05, 0) is 37.1 Å². The predicted octanol–water partition coefficient (Wildman–Crippen LogP) is 4.12. The summed E-state index contributed by atoms with van der Waals surface area (Å²) in [4.78, 5) is 42.8. The van der Waals surface area contributed by atoms with Gasteiger partial charge in [-0.3, -0.25) is 19.0 Å². The molecule has 4 aromatic heterocycles. The van der Waals surface area contributed by atoms with E-state index in [4.69, 9.17) is 0 Å². The Labute approximate surface area is 210 Å². The molecule has 5 heterocycles. The van der Waals surface area contributed by atoms with Gasteiger partial charge in [-0.1, -0.05) is 29.5 Å². The molecule has 1 aliphatic heterocycles. The maximum Gasteiger partial charge on any atom is 0.290 e. The summed E-state index contributed by atoms with van der Waals surface area (Å²) in [7, 11) is 0. The standard InChI is InChI=1S/C26H22N6O3S/c1-16-24(36-26-29-18-7-2-3-8-19(18)32(16)26)22(33)20-21(17-6-4-9-27-14-17)31(25(35)23(20)34)12-5-11-30-13-10-28-15-30/h2-4,6-10,13-15,21,34H,5,11-12H2,1H3. The highest BCUT2D eigenvalue weighted by Crippen LogP contribution is 2.40. The van der Waals surface area contributed by atoms with Gasteiger partial charge in [0.25, 0.3) is 5.91 Å². The number of pyridine rings is 1. The molecule has 10 heteroatoms. The molecule has 0 aliphatic carbocycles. The lowest BCUT2D eigenvalue weighted by Gasteiger charge is -2.26. The number of hydrogen-bond acceptors (Lipinski definition) is 7. The van der Waals surface area contributed by atoms with Crippen LogP contribution in [-0.4, -0.2) is 52.2 Å². The van der Waals surface area contributed by atoms with E-state index in [2.05, 4.69) is 15.0 Å². The van der Waals surface area contributed by atoms with Gasteiger partial charge in [0.15, 0.2) is 10.7 Å². The third kappa shape index (κ3) is 3.49. The van der Waals surface area contributed by atoms with E-state index in [1.165, 1.54) is 11.3 Å². The lowest BCUT2D eigenvalue weighted by Crippen LogP contribution is -2.32. The van der Waals surface area contributed by atoms with Crippen LogP contribution in [0.5, 0.6) is 0 Å². The van der Waals surface area contributed by atoms with Crippen molar-refractivity contribution in [2.24, 2.45) is 0 Å². The SMILES string of the molecule is Cc1c(C(=O)C2=C(O)C(=O)N(CCCn3ccnc3)C2c2cccnc2)sc2nc3ccccc3n12. The van der Waals surface area contributed by atoms with E-state index in [9.17, 15) is 14.7 Å². The van der Waals surface area contributed by atoms with Gasteiger partial charge >= 0.3 is 0 Å². The fourth-order valence-corrected chi connectivity index (χ4v) is 5.93. The van der Waals surface area contributed by atoms with Gasteiger partial charge in [0.2, 0.25) is 5.78 Å². The molecule has 1 amide bonds. The zero-order chi connectivity index (χ0) is 24.8. The van der Waals surface area contributed by atoms with Crippen LogP contribution in [0.15, 0.2) is 78.8 Å². The third-order valence-electron chi connectivity index (χ3n) is 6.52. The molecule has 0 bridgehead atoms. The van der Waals surface area contributed by atoms with Gasteiger partial charge in [-0.25, -0.2) is 9.97 Å². The van der Waals surface area contributed by atoms with Gasteiger partial charge in [0.1, 0.15) is 0 Å². The highest BCUT2D eigenvalue weighted by molar-refractivity contribution is 7.19. The molecule has 1 atom stereocenters. The van der Waals surface area contributed by atoms with Crippen LogP contribution in [0.3, 0.4) is 0 Å². The maximum atomic E-state index is 14.0. The number of nitrogens with zero attached hydrogens (tertiary/aromatic N) is 6. The number of para-hydroxylation sites is 2. The molecule has 0 spiro atoms. The van der Waals surface area contributed by atoms with E-state index in [0.29, 0.717) is 34.9 Å². The second-order valence-electron chi connectivity index (χ2n) is 8.67. The van der Waals surface area contributed by atoms with Crippen LogP contribution in [0.4, 0.5) is 0 Å². The average Bonchev–Trinajstić information content (AvgIpc) is 3.66. The quantitative estimate of drug-likeness (QED) is 0.339. The van der Waals surface area contributed by atoms with Gasteiger partial charge in [-0.15, -0.1) is 0 Å². The Bertz CT molecular complexity index is 1630. The number of aliphatic hydroxyl groups is 1. The molecule has 9 nitrogen and oxygen atoms in total. The number of Topliss-reactive ketones (excluding diaryl/α,β-unsaturated/α-hetero) is 1. The van der Waals surface area contributed by atoms with E-state index >= 15 is 0 Å². The molecule has 1 N–H and O–H groups in total. The molecule has 1 aromatic carbocycles. The Morgan fingerprint density at radius 3 is 2.75 bits per heavy atom. The minimum atomic E-state index is -0.730. The number of carbonyl (C=O) groups is 2. The predicted molar refractivity (Wildman–Crippen MR) is 135 cm³/mol. The first-order valence-electron chi connectivity index (χ1n) is 11.6. The van der Waals surface area contributed by atoms with Crippen molar-refractivity contribution >= 4 is 39.0 Å². The van der Waals surface area contributed by atoms with Crippen molar-refractivity contribution in [2.75, 3.05) is 6.54 Å². The number of fused-ring (bicyclic) bond motifs is 3. The number of aryl methyl sites for hydroxylation is 2. The topological polar surface area (TPSA) is 106 Å².